The van der Waals surface area contributed by atoms with Crippen molar-refractivity contribution in [2.45, 2.75) is 38.1 Å². The van der Waals surface area contributed by atoms with E-state index in [0.29, 0.717) is 13.0 Å². The van der Waals surface area contributed by atoms with E-state index in [0.717, 1.165) is 38.9 Å². The minimum atomic E-state index is -0.174. The Morgan fingerprint density at radius 3 is 2.44 bits per heavy atom. The third-order valence-corrected chi connectivity index (χ3v) is 3.93. The summed E-state index contributed by atoms with van der Waals surface area (Å²) >= 11 is 0. The molecule has 0 spiro atoms. The molecule has 0 aromatic heterocycles. The molecule has 2 saturated heterocycles. The zero-order chi connectivity index (χ0) is 13.0. The van der Waals surface area contributed by atoms with Crippen LogP contribution >= 0.6 is 0 Å². The van der Waals surface area contributed by atoms with Crippen LogP contribution in [-0.2, 0) is 14.3 Å². The lowest BCUT2D eigenvalue weighted by Gasteiger charge is -2.39. The third-order valence-electron chi connectivity index (χ3n) is 3.93. The zero-order valence-corrected chi connectivity index (χ0v) is 11.1. The van der Waals surface area contributed by atoms with Gasteiger partial charge in [0.25, 0.3) is 0 Å². The summed E-state index contributed by atoms with van der Waals surface area (Å²) in [5, 5.41) is 0. The molecule has 2 fully saturated rings. The lowest BCUT2D eigenvalue weighted by molar-refractivity contribution is -0.152. The average molecular weight is 254 g/mol. The molecule has 1 unspecified atom stereocenters. The Labute approximate surface area is 108 Å². The molecule has 0 aromatic rings. The van der Waals surface area contributed by atoms with Crippen molar-refractivity contribution >= 4 is 11.9 Å². The minimum Gasteiger partial charge on any atom is -0.468 e. The molecule has 2 heterocycles. The molecular weight excluding hydrogens is 232 g/mol. The van der Waals surface area contributed by atoms with E-state index in [1.807, 2.05) is 9.80 Å². The van der Waals surface area contributed by atoms with Crippen LogP contribution in [0.1, 0.15) is 32.1 Å². The molecule has 5 heteroatoms. The number of esters is 1. The van der Waals surface area contributed by atoms with Gasteiger partial charge >= 0.3 is 5.97 Å². The smallest absolute Gasteiger partial charge is 0.323 e. The van der Waals surface area contributed by atoms with Crippen LogP contribution in [-0.4, -0.2) is 61.0 Å². The second-order valence-electron chi connectivity index (χ2n) is 5.06. The molecule has 102 valence electrons. The first kappa shape index (κ1) is 13.3. The van der Waals surface area contributed by atoms with Crippen LogP contribution in [0.4, 0.5) is 0 Å². The van der Waals surface area contributed by atoms with Gasteiger partial charge in [0.05, 0.1) is 7.11 Å². The molecule has 0 aromatic carbocycles. The van der Waals surface area contributed by atoms with Gasteiger partial charge in [-0.05, 0) is 25.7 Å². The number of carbonyl (C=O) groups excluding carboxylic acids is 2. The van der Waals surface area contributed by atoms with E-state index < -0.39 is 0 Å². The predicted molar refractivity (Wildman–Crippen MR) is 67.0 cm³/mol. The molecule has 1 atom stereocenters. The Balaban J connectivity index is 1.71. The number of carbonyl (C=O) groups is 2. The van der Waals surface area contributed by atoms with E-state index in [1.165, 1.54) is 13.5 Å². The lowest BCUT2D eigenvalue weighted by atomic mass is 10.0. The highest BCUT2D eigenvalue weighted by atomic mass is 16.5. The van der Waals surface area contributed by atoms with Crippen molar-refractivity contribution in [1.82, 2.24) is 9.80 Å². The minimum absolute atomic E-state index is 0.121. The first-order valence-corrected chi connectivity index (χ1v) is 6.82. The van der Waals surface area contributed by atoms with Crippen molar-refractivity contribution in [2.75, 3.05) is 33.3 Å². The highest BCUT2D eigenvalue weighted by Crippen LogP contribution is 2.19. The van der Waals surface area contributed by atoms with E-state index >= 15 is 0 Å². The fraction of sp³-hybridized carbons (Fsp3) is 0.846. The predicted octanol–water partition coefficient (Wildman–Crippen LogP) is 0.636. The quantitative estimate of drug-likeness (QED) is 0.691. The van der Waals surface area contributed by atoms with Crippen LogP contribution in [0.5, 0.6) is 0 Å². The number of hydrogen-bond acceptors (Lipinski definition) is 4. The number of hydrogen-bond donors (Lipinski definition) is 0. The Morgan fingerprint density at radius 1 is 1.17 bits per heavy atom. The standard InChI is InChI=1S/C13H22N2O3/c1-18-13(17)11-5-9-14(11)10-6-12(16)15-7-3-2-4-8-15/h11H,2-10H2,1H3. The number of rotatable bonds is 4. The molecule has 18 heavy (non-hydrogen) atoms. The van der Waals surface area contributed by atoms with Gasteiger partial charge in [-0.1, -0.05) is 0 Å². The number of likely N-dealkylation sites (tertiary alicyclic amines) is 2. The van der Waals surface area contributed by atoms with E-state index in [2.05, 4.69) is 0 Å². The molecule has 2 aliphatic rings. The van der Waals surface area contributed by atoms with Gasteiger partial charge in [0.1, 0.15) is 6.04 Å². The van der Waals surface area contributed by atoms with Gasteiger partial charge in [-0.15, -0.1) is 0 Å². The molecule has 0 aliphatic carbocycles. The second-order valence-corrected chi connectivity index (χ2v) is 5.06. The maximum Gasteiger partial charge on any atom is 0.323 e. The van der Waals surface area contributed by atoms with Gasteiger partial charge in [0, 0.05) is 32.6 Å². The van der Waals surface area contributed by atoms with Gasteiger partial charge in [-0.3, -0.25) is 14.5 Å². The first-order valence-electron chi connectivity index (χ1n) is 6.82. The van der Waals surface area contributed by atoms with E-state index in [-0.39, 0.29) is 17.9 Å². The topological polar surface area (TPSA) is 49.9 Å². The van der Waals surface area contributed by atoms with Crippen LogP contribution < -0.4 is 0 Å². The maximum absolute atomic E-state index is 12.0. The molecule has 0 radical (unpaired) electrons. The van der Waals surface area contributed by atoms with Crippen molar-refractivity contribution in [2.24, 2.45) is 0 Å². The normalized spacial score (nSPS) is 24.5. The fourth-order valence-electron chi connectivity index (χ4n) is 2.65. The van der Waals surface area contributed by atoms with Gasteiger partial charge in [-0.2, -0.15) is 0 Å². The van der Waals surface area contributed by atoms with Gasteiger partial charge in [0.2, 0.25) is 5.91 Å². The zero-order valence-electron chi connectivity index (χ0n) is 11.1. The fourth-order valence-corrected chi connectivity index (χ4v) is 2.65. The largest absolute Gasteiger partial charge is 0.468 e. The van der Waals surface area contributed by atoms with E-state index in [1.54, 1.807) is 0 Å². The highest BCUT2D eigenvalue weighted by molar-refractivity contribution is 5.78. The molecule has 0 bridgehead atoms. The Bertz CT molecular complexity index is 313. The van der Waals surface area contributed by atoms with Crippen molar-refractivity contribution in [3.8, 4) is 0 Å². The van der Waals surface area contributed by atoms with Gasteiger partial charge < -0.3 is 9.64 Å². The molecule has 0 N–H and O–H groups in total. The molecule has 5 nitrogen and oxygen atoms in total. The molecule has 2 rings (SSSR count). The summed E-state index contributed by atoms with van der Waals surface area (Å²) in [6, 6.07) is -0.121. The second kappa shape index (κ2) is 6.18. The van der Waals surface area contributed by atoms with Crippen LogP contribution in [0.3, 0.4) is 0 Å². The number of amides is 1. The van der Waals surface area contributed by atoms with E-state index in [4.69, 9.17) is 4.74 Å². The van der Waals surface area contributed by atoms with Crippen molar-refractivity contribution in [3.05, 3.63) is 0 Å². The van der Waals surface area contributed by atoms with E-state index in [9.17, 15) is 9.59 Å². The summed E-state index contributed by atoms with van der Waals surface area (Å²) in [6.07, 6.45) is 4.86. The first-order chi connectivity index (χ1) is 8.72. The number of nitrogens with zero attached hydrogens (tertiary/aromatic N) is 2. The summed E-state index contributed by atoms with van der Waals surface area (Å²) in [4.78, 5) is 27.4. The lowest BCUT2D eigenvalue weighted by Crippen LogP contribution is -2.53. The van der Waals surface area contributed by atoms with Crippen molar-refractivity contribution in [3.63, 3.8) is 0 Å². The Morgan fingerprint density at radius 2 is 1.89 bits per heavy atom. The molecule has 1 amide bonds. The number of ether oxygens (including phenoxy) is 1. The summed E-state index contributed by atoms with van der Waals surface area (Å²) < 4.78 is 4.73. The Kier molecular flexibility index (Phi) is 4.58. The van der Waals surface area contributed by atoms with Crippen LogP contribution in [0.15, 0.2) is 0 Å². The summed E-state index contributed by atoms with van der Waals surface area (Å²) in [7, 11) is 1.41. The summed E-state index contributed by atoms with van der Waals surface area (Å²) in [5.41, 5.74) is 0. The summed E-state index contributed by atoms with van der Waals surface area (Å²) in [6.45, 7) is 3.38. The monoisotopic (exact) mass is 254 g/mol. The molecule has 0 saturated carbocycles. The van der Waals surface area contributed by atoms with Gasteiger partial charge in [-0.25, -0.2) is 0 Å². The molecule has 2 aliphatic heterocycles. The van der Waals surface area contributed by atoms with Crippen LogP contribution in [0.25, 0.3) is 0 Å². The number of piperidine rings is 1. The van der Waals surface area contributed by atoms with Crippen LogP contribution in [0, 0.1) is 0 Å². The SMILES string of the molecule is COC(=O)C1CCN1CCC(=O)N1CCCCC1. The van der Waals surface area contributed by atoms with Gasteiger partial charge in [0.15, 0.2) is 0 Å². The highest BCUT2D eigenvalue weighted by Gasteiger charge is 2.35. The third kappa shape index (κ3) is 3.02. The number of methoxy groups -OCH3 is 1. The molecular formula is C13H22N2O3. The van der Waals surface area contributed by atoms with Crippen LogP contribution in [0.2, 0.25) is 0 Å². The van der Waals surface area contributed by atoms with Crippen molar-refractivity contribution in [1.29, 1.82) is 0 Å². The maximum atomic E-state index is 12.0. The van der Waals surface area contributed by atoms with Crippen molar-refractivity contribution < 1.29 is 14.3 Å². The Hall–Kier alpha value is -1.10. The summed E-state index contributed by atoms with van der Waals surface area (Å²) in [5.74, 6) is 0.0527. The average Bonchev–Trinajstić information content (AvgIpc) is 2.38.